The van der Waals surface area contributed by atoms with Crippen LogP contribution in [0.4, 0.5) is 0 Å². The molecule has 0 fully saturated rings. The van der Waals surface area contributed by atoms with E-state index in [0.717, 1.165) is 0 Å². The Morgan fingerprint density at radius 1 is 0.294 bits per heavy atom. The molecule has 4 rings (SSSR count). The smallest absolute Gasteiger partial charge is 0.0172 e. The fourth-order valence-electron chi connectivity index (χ4n) is 3.37. The molecule has 0 aliphatic carbocycles. The summed E-state index contributed by atoms with van der Waals surface area (Å²) in [5.74, 6) is 0. The highest BCUT2D eigenvalue weighted by molar-refractivity contribution is 5.81. The van der Waals surface area contributed by atoms with Crippen molar-refractivity contribution in [1.82, 2.24) is 0 Å². The van der Waals surface area contributed by atoms with Crippen LogP contribution in [0.3, 0.4) is 0 Å². The van der Waals surface area contributed by atoms with Gasteiger partial charge >= 0.3 is 0 Å². The summed E-state index contributed by atoms with van der Waals surface area (Å²) in [6, 6.07) is 33.2. The van der Waals surface area contributed by atoms with Crippen LogP contribution in [0.15, 0.2) is 91.0 Å². The number of benzene rings is 4. The summed E-state index contributed by atoms with van der Waals surface area (Å²) in [5, 5.41) is 0. The monoisotopic (exact) mass is 454 g/mol. The molecular formula is C34H46. The molecule has 0 spiro atoms. The van der Waals surface area contributed by atoms with Crippen LogP contribution in [0.1, 0.15) is 65.7 Å². The van der Waals surface area contributed by atoms with E-state index in [0.29, 0.717) is 0 Å². The van der Waals surface area contributed by atoms with Gasteiger partial charge in [-0.05, 0) is 72.4 Å². The Hall–Kier alpha value is -3.12. The zero-order chi connectivity index (χ0) is 24.8. The molecule has 4 aromatic rings. The van der Waals surface area contributed by atoms with E-state index in [9.17, 15) is 0 Å². The number of hydrogen-bond acceptors (Lipinski definition) is 0. The van der Waals surface area contributed by atoms with E-state index in [-0.39, 0.29) is 7.43 Å². The highest BCUT2D eigenvalue weighted by Gasteiger charge is 2.07. The second-order valence-corrected chi connectivity index (χ2v) is 7.40. The maximum Gasteiger partial charge on any atom is -0.0172 e. The molecule has 0 heteroatoms. The zero-order valence-electron chi connectivity index (χ0n) is 22.2. The molecule has 0 N–H and O–H groups in total. The third-order valence-corrected chi connectivity index (χ3v) is 5.09. The summed E-state index contributed by atoms with van der Waals surface area (Å²) >= 11 is 0. The van der Waals surface area contributed by atoms with Gasteiger partial charge in [0, 0.05) is 0 Å². The summed E-state index contributed by atoms with van der Waals surface area (Å²) in [6.07, 6.45) is 0. The summed E-state index contributed by atoms with van der Waals surface area (Å²) in [6.45, 7) is 18.4. The summed E-state index contributed by atoms with van der Waals surface area (Å²) in [5.41, 5.74) is 11.4. The van der Waals surface area contributed by atoms with Crippen LogP contribution in [0.5, 0.6) is 0 Å². The van der Waals surface area contributed by atoms with Gasteiger partial charge in [-0.1, -0.05) is 138 Å². The highest BCUT2D eigenvalue weighted by Crippen LogP contribution is 2.33. The highest BCUT2D eigenvalue weighted by atomic mass is 14.1. The minimum Gasteiger partial charge on any atom is -0.0776 e. The van der Waals surface area contributed by atoms with Gasteiger partial charge in [-0.25, -0.2) is 0 Å². The van der Waals surface area contributed by atoms with Crippen LogP contribution < -0.4 is 0 Å². The van der Waals surface area contributed by atoms with Gasteiger partial charge < -0.3 is 0 Å². The second kappa shape index (κ2) is 16.5. The summed E-state index contributed by atoms with van der Waals surface area (Å²) in [7, 11) is 0. The Morgan fingerprint density at radius 3 is 0.647 bits per heavy atom. The topological polar surface area (TPSA) is 0 Å². The van der Waals surface area contributed by atoms with Crippen molar-refractivity contribution in [3.8, 4) is 33.4 Å². The van der Waals surface area contributed by atoms with E-state index in [1.807, 2.05) is 41.5 Å². The van der Waals surface area contributed by atoms with Gasteiger partial charge in [-0.2, -0.15) is 0 Å². The average Bonchev–Trinajstić information content (AvgIpc) is 2.89. The second-order valence-electron chi connectivity index (χ2n) is 7.40. The quantitative estimate of drug-likeness (QED) is 0.289. The molecule has 0 atom stereocenters. The van der Waals surface area contributed by atoms with Crippen LogP contribution in [0.25, 0.3) is 33.4 Å². The molecule has 0 bridgehead atoms. The minimum atomic E-state index is 0. The van der Waals surface area contributed by atoms with Crippen molar-refractivity contribution >= 4 is 0 Å². The molecule has 4 aromatic carbocycles. The molecule has 0 amide bonds. The number of hydrogen-bond donors (Lipinski definition) is 0. The van der Waals surface area contributed by atoms with Gasteiger partial charge in [0.2, 0.25) is 0 Å². The van der Waals surface area contributed by atoms with E-state index in [1.165, 1.54) is 50.1 Å². The Labute approximate surface area is 210 Å². The molecule has 0 heterocycles. The van der Waals surface area contributed by atoms with Gasteiger partial charge in [-0.3, -0.25) is 0 Å². The Kier molecular flexibility index (Phi) is 15.0. The molecule has 0 saturated carbocycles. The maximum absolute atomic E-state index is 2.30. The van der Waals surface area contributed by atoms with Gasteiger partial charge in [0.05, 0.1) is 0 Å². The normalized spacial score (nSPS) is 9.09. The predicted octanol–water partition coefficient (Wildman–Crippen LogP) is 11.3. The van der Waals surface area contributed by atoms with E-state index in [2.05, 4.69) is 112 Å². The predicted molar refractivity (Wildman–Crippen MR) is 158 cm³/mol. The fourth-order valence-corrected chi connectivity index (χ4v) is 3.37. The van der Waals surface area contributed by atoms with Gasteiger partial charge in [0.25, 0.3) is 0 Å². The lowest BCUT2D eigenvalue weighted by atomic mass is 9.92. The summed E-state index contributed by atoms with van der Waals surface area (Å²) < 4.78 is 0. The average molecular weight is 455 g/mol. The third-order valence-electron chi connectivity index (χ3n) is 5.09. The van der Waals surface area contributed by atoms with Crippen molar-refractivity contribution in [2.75, 3.05) is 0 Å². The molecule has 0 radical (unpaired) electrons. The molecule has 0 aliphatic heterocycles. The Balaban J connectivity index is 0.00000145. The van der Waals surface area contributed by atoms with E-state index in [4.69, 9.17) is 0 Å². The van der Waals surface area contributed by atoms with Crippen LogP contribution in [0, 0.1) is 20.8 Å². The van der Waals surface area contributed by atoms with Crippen LogP contribution in [-0.4, -0.2) is 0 Å². The van der Waals surface area contributed by atoms with Crippen molar-refractivity contribution in [1.29, 1.82) is 0 Å². The van der Waals surface area contributed by atoms with E-state index >= 15 is 0 Å². The largest absolute Gasteiger partial charge is 0.0776 e. The first-order valence-electron chi connectivity index (χ1n) is 12.4. The van der Waals surface area contributed by atoms with Crippen LogP contribution in [-0.2, 0) is 0 Å². The van der Waals surface area contributed by atoms with Crippen molar-refractivity contribution < 1.29 is 0 Å². The SMILES string of the molecule is C.CC.CC.CC.Cc1ccc(-c2cc(-c3ccc(C)cc3)cc(-c3ccc(C)cc3)c2)cc1. The minimum absolute atomic E-state index is 0. The lowest BCUT2D eigenvalue weighted by molar-refractivity contribution is 1.45. The molecule has 34 heavy (non-hydrogen) atoms. The fraction of sp³-hybridized carbons (Fsp3) is 0.294. The number of rotatable bonds is 3. The first-order valence-corrected chi connectivity index (χ1v) is 12.4. The number of aryl methyl sites for hydroxylation is 3. The molecular weight excluding hydrogens is 408 g/mol. The maximum atomic E-state index is 2.30. The van der Waals surface area contributed by atoms with Crippen molar-refractivity contribution in [2.24, 2.45) is 0 Å². The lowest BCUT2D eigenvalue weighted by Crippen LogP contribution is -1.87. The lowest BCUT2D eigenvalue weighted by Gasteiger charge is -2.12. The van der Waals surface area contributed by atoms with Crippen molar-refractivity contribution in [2.45, 2.75) is 69.7 Å². The molecule has 0 aromatic heterocycles. The molecule has 0 saturated heterocycles. The first kappa shape index (κ1) is 30.9. The van der Waals surface area contributed by atoms with Gasteiger partial charge in [-0.15, -0.1) is 0 Å². The van der Waals surface area contributed by atoms with Gasteiger partial charge in [0.15, 0.2) is 0 Å². The van der Waals surface area contributed by atoms with Crippen LogP contribution in [0.2, 0.25) is 0 Å². The van der Waals surface area contributed by atoms with Crippen LogP contribution >= 0.6 is 0 Å². The zero-order valence-corrected chi connectivity index (χ0v) is 22.2. The molecule has 0 unspecified atom stereocenters. The van der Waals surface area contributed by atoms with Crippen molar-refractivity contribution in [3.05, 3.63) is 108 Å². The molecule has 182 valence electrons. The standard InChI is InChI=1S/C27H24.3C2H6.CH4/c1-19-4-10-22(11-5-19)25-16-26(23-12-6-20(2)7-13-23)18-27(17-25)24-14-8-21(3)9-15-24;3*1-2;/h4-18H,1-3H3;3*1-2H3;1H4. The Bertz CT molecular complexity index is 897. The van der Waals surface area contributed by atoms with E-state index in [1.54, 1.807) is 0 Å². The third kappa shape index (κ3) is 8.67. The molecule has 0 nitrogen and oxygen atoms in total. The first-order chi connectivity index (χ1) is 16.1. The van der Waals surface area contributed by atoms with E-state index < -0.39 is 0 Å². The molecule has 0 aliphatic rings. The van der Waals surface area contributed by atoms with Gasteiger partial charge in [0.1, 0.15) is 0 Å². The summed E-state index contributed by atoms with van der Waals surface area (Å²) in [4.78, 5) is 0. The Morgan fingerprint density at radius 2 is 0.471 bits per heavy atom. The van der Waals surface area contributed by atoms with Crippen molar-refractivity contribution in [3.63, 3.8) is 0 Å².